The Labute approximate surface area is 91.5 Å². The molecule has 1 aromatic rings. The van der Waals surface area contributed by atoms with Gasteiger partial charge in [-0.1, -0.05) is 6.07 Å². The lowest BCUT2D eigenvalue weighted by molar-refractivity contribution is 0.270. The molecule has 0 fully saturated rings. The quantitative estimate of drug-likeness (QED) is 0.783. The summed E-state index contributed by atoms with van der Waals surface area (Å²) in [6.07, 6.45) is 0. The molecule has 3 nitrogen and oxygen atoms in total. The van der Waals surface area contributed by atoms with Gasteiger partial charge in [0.05, 0.1) is 6.61 Å². The van der Waals surface area contributed by atoms with Gasteiger partial charge in [0, 0.05) is 25.3 Å². The Morgan fingerprint density at radius 3 is 2.60 bits per heavy atom. The van der Waals surface area contributed by atoms with Crippen LogP contribution >= 0.6 is 0 Å². The minimum absolute atomic E-state index is 0.133. The summed E-state index contributed by atoms with van der Waals surface area (Å²) in [5.41, 5.74) is 9.10. The van der Waals surface area contributed by atoms with Crippen LogP contribution in [-0.4, -0.2) is 24.8 Å². The fraction of sp³-hybridized carbons (Fsp3) is 0.500. The molecule has 0 aromatic heterocycles. The van der Waals surface area contributed by atoms with Gasteiger partial charge in [0.15, 0.2) is 0 Å². The molecule has 3 N–H and O–H groups in total. The summed E-state index contributed by atoms with van der Waals surface area (Å²) in [4.78, 5) is 2.06. The van der Waals surface area contributed by atoms with Crippen molar-refractivity contribution in [2.45, 2.75) is 26.4 Å². The Morgan fingerprint density at radius 1 is 1.47 bits per heavy atom. The predicted octanol–water partition coefficient (Wildman–Crippen LogP) is 1.27. The molecule has 15 heavy (non-hydrogen) atoms. The summed E-state index contributed by atoms with van der Waals surface area (Å²) in [7, 11) is 1.98. The van der Waals surface area contributed by atoms with Crippen molar-refractivity contribution in [2.24, 2.45) is 5.73 Å². The van der Waals surface area contributed by atoms with E-state index < -0.39 is 0 Å². The number of likely N-dealkylation sites (N-methyl/N-ethyl adjacent to an activating group) is 1. The van der Waals surface area contributed by atoms with Gasteiger partial charge in [0.2, 0.25) is 0 Å². The number of benzene rings is 1. The van der Waals surface area contributed by atoms with Gasteiger partial charge in [-0.2, -0.15) is 0 Å². The van der Waals surface area contributed by atoms with E-state index in [-0.39, 0.29) is 12.6 Å². The largest absolute Gasteiger partial charge is 0.394 e. The lowest BCUT2D eigenvalue weighted by Crippen LogP contribution is -2.31. The smallest absolute Gasteiger partial charge is 0.0632 e. The lowest BCUT2D eigenvalue weighted by atomic mass is 10.1. The van der Waals surface area contributed by atoms with Crippen molar-refractivity contribution in [3.8, 4) is 0 Å². The molecule has 0 saturated heterocycles. The molecule has 0 amide bonds. The first-order valence-electron chi connectivity index (χ1n) is 5.23. The number of aliphatic hydroxyl groups is 1. The van der Waals surface area contributed by atoms with Crippen LogP contribution in [0, 0.1) is 6.92 Å². The monoisotopic (exact) mass is 208 g/mol. The highest BCUT2D eigenvalue weighted by Crippen LogP contribution is 2.19. The summed E-state index contributed by atoms with van der Waals surface area (Å²) in [5.74, 6) is 0. The van der Waals surface area contributed by atoms with Gasteiger partial charge in [-0.15, -0.1) is 0 Å². The van der Waals surface area contributed by atoms with Gasteiger partial charge >= 0.3 is 0 Å². The first-order valence-corrected chi connectivity index (χ1v) is 5.23. The van der Waals surface area contributed by atoms with Crippen molar-refractivity contribution < 1.29 is 5.11 Å². The van der Waals surface area contributed by atoms with Crippen molar-refractivity contribution in [1.29, 1.82) is 0 Å². The molecule has 1 rings (SSSR count). The van der Waals surface area contributed by atoms with E-state index in [1.54, 1.807) is 0 Å². The number of aryl methyl sites for hydroxylation is 1. The van der Waals surface area contributed by atoms with Crippen molar-refractivity contribution in [3.05, 3.63) is 29.3 Å². The van der Waals surface area contributed by atoms with E-state index in [9.17, 15) is 0 Å². The Bertz CT molecular complexity index is 325. The first-order chi connectivity index (χ1) is 7.10. The Kier molecular flexibility index (Phi) is 4.12. The second-order valence-electron chi connectivity index (χ2n) is 3.96. The molecular formula is C12H20N2O. The molecule has 1 unspecified atom stereocenters. The summed E-state index contributed by atoms with van der Waals surface area (Å²) in [6, 6.07) is 6.33. The zero-order chi connectivity index (χ0) is 11.4. The molecule has 0 bridgehead atoms. The third kappa shape index (κ3) is 2.70. The molecule has 0 aliphatic heterocycles. The van der Waals surface area contributed by atoms with E-state index in [1.807, 2.05) is 26.1 Å². The molecule has 0 aliphatic carbocycles. The van der Waals surface area contributed by atoms with Gasteiger partial charge in [0.25, 0.3) is 0 Å². The van der Waals surface area contributed by atoms with E-state index in [4.69, 9.17) is 10.8 Å². The SMILES string of the molecule is Cc1cc(N(C)C(C)CO)ccc1CN. The number of hydrogen-bond acceptors (Lipinski definition) is 3. The number of anilines is 1. The summed E-state index contributed by atoms with van der Waals surface area (Å²) < 4.78 is 0. The summed E-state index contributed by atoms with van der Waals surface area (Å²) >= 11 is 0. The zero-order valence-corrected chi connectivity index (χ0v) is 9.70. The number of hydrogen-bond donors (Lipinski definition) is 2. The average molecular weight is 208 g/mol. The maximum Gasteiger partial charge on any atom is 0.0632 e. The topological polar surface area (TPSA) is 49.5 Å². The van der Waals surface area contributed by atoms with Crippen molar-refractivity contribution >= 4 is 5.69 Å². The summed E-state index contributed by atoms with van der Waals surface area (Å²) in [6.45, 7) is 4.79. The molecule has 3 heteroatoms. The van der Waals surface area contributed by atoms with Gasteiger partial charge in [-0.05, 0) is 37.1 Å². The first kappa shape index (κ1) is 12.0. The highest BCUT2D eigenvalue weighted by Gasteiger charge is 2.09. The van der Waals surface area contributed by atoms with Crippen molar-refractivity contribution in [3.63, 3.8) is 0 Å². The number of aliphatic hydroxyl groups excluding tert-OH is 1. The Balaban J connectivity index is 2.92. The molecule has 0 radical (unpaired) electrons. The zero-order valence-electron chi connectivity index (χ0n) is 9.70. The van der Waals surface area contributed by atoms with Gasteiger partial charge in [0.1, 0.15) is 0 Å². The van der Waals surface area contributed by atoms with Gasteiger partial charge in [-0.3, -0.25) is 0 Å². The van der Waals surface area contributed by atoms with Crippen LogP contribution in [0.1, 0.15) is 18.1 Å². The highest BCUT2D eigenvalue weighted by molar-refractivity contribution is 5.50. The van der Waals surface area contributed by atoms with E-state index in [0.717, 1.165) is 5.69 Å². The second-order valence-corrected chi connectivity index (χ2v) is 3.96. The van der Waals surface area contributed by atoms with Crippen LogP contribution in [0.3, 0.4) is 0 Å². The maximum atomic E-state index is 9.07. The third-order valence-electron chi connectivity index (χ3n) is 2.88. The molecular weight excluding hydrogens is 188 g/mol. The van der Waals surface area contributed by atoms with Crippen LogP contribution in [0.4, 0.5) is 5.69 Å². The standard InChI is InChI=1S/C12H20N2O/c1-9-6-12(5-4-11(9)7-13)14(3)10(2)8-15/h4-6,10,15H,7-8,13H2,1-3H3. The molecule has 0 spiro atoms. The van der Waals surface area contributed by atoms with Crippen molar-refractivity contribution in [1.82, 2.24) is 0 Å². The lowest BCUT2D eigenvalue weighted by Gasteiger charge is -2.26. The van der Waals surface area contributed by atoms with Crippen molar-refractivity contribution in [2.75, 3.05) is 18.6 Å². The van der Waals surface area contributed by atoms with Crippen LogP contribution < -0.4 is 10.6 Å². The maximum absolute atomic E-state index is 9.07. The Hall–Kier alpha value is -1.06. The van der Waals surface area contributed by atoms with Crippen LogP contribution in [0.25, 0.3) is 0 Å². The average Bonchev–Trinajstić information content (AvgIpc) is 2.26. The number of rotatable bonds is 4. The molecule has 84 valence electrons. The normalized spacial score (nSPS) is 12.6. The fourth-order valence-electron chi connectivity index (χ4n) is 1.51. The molecule has 0 heterocycles. The number of nitrogens with zero attached hydrogens (tertiary/aromatic N) is 1. The highest BCUT2D eigenvalue weighted by atomic mass is 16.3. The fourth-order valence-corrected chi connectivity index (χ4v) is 1.51. The minimum atomic E-state index is 0.133. The van der Waals surface area contributed by atoms with Crippen LogP contribution in [0.2, 0.25) is 0 Å². The van der Waals surface area contributed by atoms with Crippen LogP contribution in [0.15, 0.2) is 18.2 Å². The molecule has 0 saturated carbocycles. The Morgan fingerprint density at radius 2 is 2.13 bits per heavy atom. The number of nitrogens with two attached hydrogens (primary N) is 1. The molecule has 1 atom stereocenters. The van der Waals surface area contributed by atoms with E-state index >= 15 is 0 Å². The van der Waals surface area contributed by atoms with Crippen LogP contribution in [-0.2, 0) is 6.54 Å². The third-order valence-corrected chi connectivity index (χ3v) is 2.88. The second kappa shape index (κ2) is 5.14. The van der Waals surface area contributed by atoms with E-state index in [1.165, 1.54) is 11.1 Å². The summed E-state index contributed by atoms with van der Waals surface area (Å²) in [5, 5.41) is 9.07. The minimum Gasteiger partial charge on any atom is -0.394 e. The van der Waals surface area contributed by atoms with E-state index in [0.29, 0.717) is 6.54 Å². The van der Waals surface area contributed by atoms with Gasteiger partial charge < -0.3 is 15.7 Å². The van der Waals surface area contributed by atoms with Crippen LogP contribution in [0.5, 0.6) is 0 Å². The van der Waals surface area contributed by atoms with E-state index in [2.05, 4.69) is 17.9 Å². The molecule has 1 aromatic carbocycles. The molecule has 0 aliphatic rings. The van der Waals surface area contributed by atoms with Gasteiger partial charge in [-0.25, -0.2) is 0 Å². The predicted molar refractivity (Wildman–Crippen MR) is 64.0 cm³/mol.